The van der Waals surface area contributed by atoms with Gasteiger partial charge in [0.1, 0.15) is 0 Å². The second-order valence-electron chi connectivity index (χ2n) is 3.89. The Hall–Kier alpha value is -1.48. The van der Waals surface area contributed by atoms with Gasteiger partial charge in [0, 0.05) is 22.2 Å². The Balaban J connectivity index is 2.43. The van der Waals surface area contributed by atoms with Crippen LogP contribution < -0.4 is 5.56 Å². The Labute approximate surface area is 98.4 Å². The molecule has 0 amide bonds. The average molecular weight is 237 g/mol. The van der Waals surface area contributed by atoms with E-state index in [0.717, 1.165) is 16.8 Å². The van der Waals surface area contributed by atoms with Gasteiger partial charge in [-0.15, -0.1) is 0 Å². The molecule has 0 aliphatic carbocycles. The lowest BCUT2D eigenvalue weighted by atomic mass is 9.94. The number of aromatic nitrogens is 2. The quantitative estimate of drug-likeness (QED) is 0.828. The molecule has 1 aromatic heterocycles. The molecule has 16 heavy (non-hydrogen) atoms. The van der Waals surface area contributed by atoms with Gasteiger partial charge in [-0.25, -0.2) is 0 Å². The number of halogens is 1. The van der Waals surface area contributed by atoms with E-state index >= 15 is 0 Å². The Morgan fingerprint density at radius 3 is 2.31 bits per heavy atom. The van der Waals surface area contributed by atoms with Crippen LogP contribution in [0.15, 0.2) is 29.1 Å². The molecule has 84 valence electrons. The highest BCUT2D eigenvalue weighted by Crippen LogP contribution is 2.24. The van der Waals surface area contributed by atoms with E-state index in [1.165, 1.54) is 0 Å². The minimum atomic E-state index is -0.0556. The number of aryl methyl sites for hydroxylation is 1. The topological polar surface area (TPSA) is 48.6 Å². The van der Waals surface area contributed by atoms with Gasteiger partial charge in [-0.05, 0) is 24.6 Å². The number of rotatable bonds is 2. The average Bonchev–Trinajstić information content (AvgIpc) is 2.59. The first kappa shape index (κ1) is 11.0. The Morgan fingerprint density at radius 1 is 1.19 bits per heavy atom. The first-order valence-electron chi connectivity index (χ1n) is 5.12. The van der Waals surface area contributed by atoms with Crippen LogP contribution in [0.3, 0.4) is 0 Å². The highest BCUT2D eigenvalue weighted by molar-refractivity contribution is 6.30. The molecule has 0 bridgehead atoms. The Kier molecular flexibility index (Phi) is 2.88. The second kappa shape index (κ2) is 4.18. The smallest absolute Gasteiger partial charge is 0.267 e. The molecule has 4 heteroatoms. The maximum atomic E-state index is 11.6. The maximum absolute atomic E-state index is 11.6. The summed E-state index contributed by atoms with van der Waals surface area (Å²) < 4.78 is 0. The van der Waals surface area contributed by atoms with Crippen molar-refractivity contribution in [3.8, 4) is 0 Å². The van der Waals surface area contributed by atoms with Crippen LogP contribution in [0.25, 0.3) is 0 Å². The molecular weight excluding hydrogens is 224 g/mol. The van der Waals surface area contributed by atoms with Gasteiger partial charge in [-0.3, -0.25) is 9.89 Å². The molecular formula is C12H13ClN2O. The van der Waals surface area contributed by atoms with Crippen LogP contribution in [0.1, 0.15) is 29.7 Å². The lowest BCUT2D eigenvalue weighted by Crippen LogP contribution is -2.10. The molecule has 0 unspecified atom stereocenters. The summed E-state index contributed by atoms with van der Waals surface area (Å²) in [6.45, 7) is 3.90. The normalized spacial score (nSPS) is 12.7. The Morgan fingerprint density at radius 2 is 1.81 bits per heavy atom. The van der Waals surface area contributed by atoms with Crippen LogP contribution in [0.2, 0.25) is 5.02 Å². The third kappa shape index (κ3) is 1.91. The number of hydrogen-bond donors (Lipinski definition) is 2. The standard InChI is InChI=1S/C12H13ClN2O/c1-7(9-3-5-10(13)6-4-9)11-8(2)14-15-12(11)16/h3-7H,1-2H3,(H2,14,15,16)/t7-/m1/s1. The van der Waals surface area contributed by atoms with Gasteiger partial charge in [0.05, 0.1) is 0 Å². The molecule has 0 radical (unpaired) electrons. The number of hydrogen-bond acceptors (Lipinski definition) is 1. The van der Waals surface area contributed by atoms with E-state index in [4.69, 9.17) is 11.6 Å². The lowest BCUT2D eigenvalue weighted by Gasteiger charge is -2.10. The molecule has 1 aromatic carbocycles. The van der Waals surface area contributed by atoms with Gasteiger partial charge >= 0.3 is 0 Å². The predicted molar refractivity (Wildman–Crippen MR) is 65.1 cm³/mol. The number of benzene rings is 1. The van der Waals surface area contributed by atoms with Crippen LogP contribution >= 0.6 is 11.6 Å². The van der Waals surface area contributed by atoms with Crippen molar-refractivity contribution in [2.24, 2.45) is 0 Å². The predicted octanol–water partition coefficient (Wildman–Crippen LogP) is 2.82. The molecule has 0 aliphatic rings. The van der Waals surface area contributed by atoms with Crippen LogP contribution in [0.4, 0.5) is 0 Å². The minimum Gasteiger partial charge on any atom is -0.302 e. The van der Waals surface area contributed by atoms with Crippen molar-refractivity contribution in [1.29, 1.82) is 0 Å². The number of nitrogens with one attached hydrogen (secondary N) is 2. The largest absolute Gasteiger partial charge is 0.302 e. The van der Waals surface area contributed by atoms with E-state index in [1.807, 2.05) is 38.1 Å². The highest BCUT2D eigenvalue weighted by atomic mass is 35.5. The molecule has 0 saturated heterocycles. The summed E-state index contributed by atoms with van der Waals surface area (Å²) in [7, 11) is 0. The van der Waals surface area contributed by atoms with E-state index < -0.39 is 0 Å². The molecule has 0 aliphatic heterocycles. The fraction of sp³-hybridized carbons (Fsp3) is 0.250. The molecule has 2 rings (SSSR count). The van der Waals surface area contributed by atoms with Gasteiger partial charge in [0.25, 0.3) is 5.56 Å². The number of H-pyrrole nitrogens is 2. The zero-order valence-electron chi connectivity index (χ0n) is 9.17. The van der Waals surface area contributed by atoms with Crippen molar-refractivity contribution in [1.82, 2.24) is 10.2 Å². The fourth-order valence-corrected chi connectivity index (χ4v) is 2.02. The molecule has 2 aromatic rings. The van der Waals surface area contributed by atoms with Crippen molar-refractivity contribution in [2.75, 3.05) is 0 Å². The van der Waals surface area contributed by atoms with Crippen molar-refractivity contribution in [3.05, 3.63) is 56.5 Å². The number of aromatic amines is 2. The van der Waals surface area contributed by atoms with E-state index in [-0.39, 0.29) is 11.5 Å². The summed E-state index contributed by atoms with van der Waals surface area (Å²) >= 11 is 5.83. The fourth-order valence-electron chi connectivity index (χ4n) is 1.90. The van der Waals surface area contributed by atoms with Crippen LogP contribution in [-0.2, 0) is 0 Å². The van der Waals surface area contributed by atoms with Crippen LogP contribution in [0.5, 0.6) is 0 Å². The van der Waals surface area contributed by atoms with Gasteiger partial charge in [0.15, 0.2) is 0 Å². The lowest BCUT2D eigenvalue weighted by molar-refractivity contribution is 0.901. The SMILES string of the molecule is Cc1[nH][nH]c(=O)c1[C@H](C)c1ccc(Cl)cc1. The third-order valence-electron chi connectivity index (χ3n) is 2.82. The van der Waals surface area contributed by atoms with Crippen molar-refractivity contribution in [3.63, 3.8) is 0 Å². The van der Waals surface area contributed by atoms with Crippen LogP contribution in [-0.4, -0.2) is 10.2 Å². The Bertz CT molecular complexity index is 539. The molecule has 0 spiro atoms. The summed E-state index contributed by atoms with van der Waals surface area (Å²) in [5.41, 5.74) is 2.69. The summed E-state index contributed by atoms with van der Waals surface area (Å²) in [6.07, 6.45) is 0. The molecule has 3 nitrogen and oxygen atoms in total. The first-order chi connectivity index (χ1) is 7.59. The summed E-state index contributed by atoms with van der Waals surface area (Å²) in [5, 5.41) is 6.13. The molecule has 1 atom stereocenters. The van der Waals surface area contributed by atoms with Gasteiger partial charge in [-0.1, -0.05) is 30.7 Å². The minimum absolute atomic E-state index is 0.0556. The molecule has 0 saturated carbocycles. The van der Waals surface area contributed by atoms with Gasteiger partial charge in [-0.2, -0.15) is 0 Å². The highest BCUT2D eigenvalue weighted by Gasteiger charge is 2.15. The van der Waals surface area contributed by atoms with Crippen molar-refractivity contribution >= 4 is 11.6 Å². The summed E-state index contributed by atoms with van der Waals surface area (Å²) in [5.74, 6) is 0.0623. The molecule has 2 N–H and O–H groups in total. The van der Waals surface area contributed by atoms with Gasteiger partial charge in [0.2, 0.25) is 0 Å². The van der Waals surface area contributed by atoms with E-state index in [9.17, 15) is 4.79 Å². The maximum Gasteiger partial charge on any atom is 0.267 e. The van der Waals surface area contributed by atoms with Crippen LogP contribution in [0, 0.1) is 6.92 Å². The van der Waals surface area contributed by atoms with E-state index in [1.54, 1.807) is 0 Å². The molecule has 1 heterocycles. The van der Waals surface area contributed by atoms with E-state index in [0.29, 0.717) is 5.02 Å². The van der Waals surface area contributed by atoms with Crippen molar-refractivity contribution < 1.29 is 0 Å². The monoisotopic (exact) mass is 236 g/mol. The zero-order valence-corrected chi connectivity index (χ0v) is 9.93. The first-order valence-corrected chi connectivity index (χ1v) is 5.50. The summed E-state index contributed by atoms with van der Waals surface area (Å²) in [4.78, 5) is 11.6. The zero-order chi connectivity index (χ0) is 11.7. The third-order valence-corrected chi connectivity index (χ3v) is 3.07. The van der Waals surface area contributed by atoms with Crippen molar-refractivity contribution in [2.45, 2.75) is 19.8 Å². The van der Waals surface area contributed by atoms with E-state index in [2.05, 4.69) is 10.2 Å². The van der Waals surface area contributed by atoms with Gasteiger partial charge < -0.3 is 5.10 Å². The summed E-state index contributed by atoms with van der Waals surface area (Å²) in [6, 6.07) is 7.56. The molecule has 0 fully saturated rings. The second-order valence-corrected chi connectivity index (χ2v) is 4.33.